The molecule has 0 aromatic heterocycles. The van der Waals surface area contributed by atoms with E-state index in [0.29, 0.717) is 5.92 Å². The molecule has 0 aliphatic carbocycles. The summed E-state index contributed by atoms with van der Waals surface area (Å²) in [4.78, 5) is 2.40. The average Bonchev–Trinajstić information content (AvgIpc) is 2.50. The van der Waals surface area contributed by atoms with Crippen molar-refractivity contribution in [3.63, 3.8) is 0 Å². The Kier molecular flexibility index (Phi) is 7.16. The van der Waals surface area contributed by atoms with Gasteiger partial charge in [0.15, 0.2) is 0 Å². The first-order valence-electron chi connectivity index (χ1n) is 8.20. The lowest BCUT2D eigenvalue weighted by Crippen LogP contribution is -2.31. The second kappa shape index (κ2) is 8.38. The molecule has 1 aromatic rings. The molecular weight excluding hydrogens is 263 g/mol. The normalized spacial score (nSPS) is 12.8. The molecule has 0 spiro atoms. The number of hydrogen-bond donors (Lipinski definition) is 1. The molecule has 1 N–H and O–H groups in total. The fourth-order valence-corrected chi connectivity index (χ4v) is 2.71. The lowest BCUT2D eigenvalue weighted by molar-refractivity contribution is 0.484. The number of nitrogens with zero attached hydrogens (tertiary/aromatic N) is 1. The number of nitrogens with one attached hydrogen (secondary N) is 1. The third-order valence-electron chi connectivity index (χ3n) is 4.56. The number of benzene rings is 1. The van der Waals surface area contributed by atoms with Gasteiger partial charge in [-0.1, -0.05) is 26.7 Å². The van der Waals surface area contributed by atoms with Crippen LogP contribution in [0.3, 0.4) is 0 Å². The summed E-state index contributed by atoms with van der Waals surface area (Å²) in [6.45, 7) is 12.6. The second-order valence-corrected chi connectivity index (χ2v) is 5.89. The average molecular weight is 294 g/mol. The first kappa shape index (κ1) is 18.0. The van der Waals surface area contributed by atoms with E-state index in [9.17, 15) is 4.39 Å². The molecular formula is C18H31FN2. The van der Waals surface area contributed by atoms with Gasteiger partial charge in [-0.2, -0.15) is 0 Å². The molecule has 1 aromatic carbocycles. The maximum atomic E-state index is 14.0. The summed E-state index contributed by atoms with van der Waals surface area (Å²) in [6, 6.07) is 3.84. The highest BCUT2D eigenvalue weighted by atomic mass is 19.1. The number of halogens is 1. The van der Waals surface area contributed by atoms with E-state index in [1.54, 1.807) is 6.07 Å². The molecule has 3 heteroatoms. The zero-order chi connectivity index (χ0) is 16.0. The SMILES string of the molecule is CCC(CC)CN(CC)c1cc(C)c(F)cc1C(C)NC. The van der Waals surface area contributed by atoms with Crippen molar-refractivity contribution in [3.05, 3.63) is 29.1 Å². The van der Waals surface area contributed by atoms with Gasteiger partial charge in [-0.25, -0.2) is 4.39 Å². The molecule has 1 atom stereocenters. The molecule has 0 bridgehead atoms. The molecule has 0 saturated carbocycles. The van der Waals surface area contributed by atoms with Gasteiger partial charge in [-0.05, 0) is 57.0 Å². The van der Waals surface area contributed by atoms with Crippen molar-refractivity contribution in [2.75, 3.05) is 25.0 Å². The van der Waals surface area contributed by atoms with Crippen LogP contribution in [0, 0.1) is 18.7 Å². The molecule has 1 unspecified atom stereocenters. The van der Waals surface area contributed by atoms with Crippen LogP contribution in [0.2, 0.25) is 0 Å². The third-order valence-corrected chi connectivity index (χ3v) is 4.56. The highest BCUT2D eigenvalue weighted by Crippen LogP contribution is 2.30. The van der Waals surface area contributed by atoms with Gasteiger partial charge in [0.1, 0.15) is 5.82 Å². The fraction of sp³-hybridized carbons (Fsp3) is 0.667. The van der Waals surface area contributed by atoms with Gasteiger partial charge in [0.05, 0.1) is 0 Å². The first-order valence-corrected chi connectivity index (χ1v) is 8.20. The summed E-state index contributed by atoms with van der Waals surface area (Å²) in [7, 11) is 1.92. The van der Waals surface area contributed by atoms with Crippen LogP contribution < -0.4 is 10.2 Å². The minimum Gasteiger partial charge on any atom is -0.371 e. The van der Waals surface area contributed by atoms with Gasteiger partial charge < -0.3 is 10.2 Å². The summed E-state index contributed by atoms with van der Waals surface area (Å²) in [5.41, 5.74) is 2.94. The van der Waals surface area contributed by atoms with Crippen LogP contribution in [0.4, 0.5) is 10.1 Å². The molecule has 0 saturated heterocycles. The van der Waals surface area contributed by atoms with E-state index in [0.717, 1.165) is 24.2 Å². The van der Waals surface area contributed by atoms with Crippen LogP contribution in [-0.4, -0.2) is 20.1 Å². The van der Waals surface area contributed by atoms with Gasteiger partial charge in [-0.15, -0.1) is 0 Å². The maximum Gasteiger partial charge on any atom is 0.126 e. The first-order chi connectivity index (χ1) is 9.98. The Morgan fingerprint density at radius 2 is 1.81 bits per heavy atom. The van der Waals surface area contributed by atoms with Gasteiger partial charge in [-0.3, -0.25) is 0 Å². The van der Waals surface area contributed by atoms with Crippen LogP contribution in [0.5, 0.6) is 0 Å². The van der Waals surface area contributed by atoms with Gasteiger partial charge in [0.2, 0.25) is 0 Å². The zero-order valence-corrected chi connectivity index (χ0v) is 14.5. The summed E-state index contributed by atoms with van der Waals surface area (Å²) < 4.78 is 14.0. The lowest BCUT2D eigenvalue weighted by Gasteiger charge is -2.31. The highest BCUT2D eigenvalue weighted by molar-refractivity contribution is 5.57. The van der Waals surface area contributed by atoms with Crippen LogP contribution >= 0.6 is 0 Å². The van der Waals surface area contributed by atoms with Gasteiger partial charge in [0.25, 0.3) is 0 Å². The van der Waals surface area contributed by atoms with Gasteiger partial charge in [0, 0.05) is 24.8 Å². The summed E-state index contributed by atoms with van der Waals surface area (Å²) in [5.74, 6) is 0.572. The molecule has 0 aliphatic heterocycles. The molecule has 120 valence electrons. The van der Waals surface area contributed by atoms with Crippen LogP contribution in [0.15, 0.2) is 12.1 Å². The minimum atomic E-state index is -0.116. The fourth-order valence-electron chi connectivity index (χ4n) is 2.71. The topological polar surface area (TPSA) is 15.3 Å². The number of hydrogen-bond acceptors (Lipinski definition) is 2. The molecule has 2 nitrogen and oxygen atoms in total. The lowest BCUT2D eigenvalue weighted by atomic mass is 9.99. The van der Waals surface area contributed by atoms with Crippen molar-refractivity contribution < 1.29 is 4.39 Å². The molecule has 0 amide bonds. The molecule has 1 rings (SSSR count). The third kappa shape index (κ3) is 4.44. The van der Waals surface area contributed by atoms with Crippen molar-refractivity contribution in [1.82, 2.24) is 5.32 Å². The largest absolute Gasteiger partial charge is 0.371 e. The zero-order valence-electron chi connectivity index (χ0n) is 14.5. The van der Waals surface area contributed by atoms with Crippen LogP contribution in [0.25, 0.3) is 0 Å². The van der Waals surface area contributed by atoms with E-state index in [4.69, 9.17) is 0 Å². The number of anilines is 1. The van der Waals surface area contributed by atoms with Gasteiger partial charge >= 0.3 is 0 Å². The quantitative estimate of drug-likeness (QED) is 0.749. The summed E-state index contributed by atoms with van der Waals surface area (Å²) >= 11 is 0. The standard InChI is InChI=1S/C18H31FN2/c1-7-15(8-2)12-21(9-3)18-10-13(4)17(19)11-16(18)14(5)20-6/h10-11,14-15,20H,7-9,12H2,1-6H3. The van der Waals surface area contributed by atoms with Crippen molar-refractivity contribution in [2.45, 2.75) is 53.5 Å². The molecule has 21 heavy (non-hydrogen) atoms. The number of aryl methyl sites for hydroxylation is 1. The second-order valence-electron chi connectivity index (χ2n) is 5.89. The highest BCUT2D eigenvalue weighted by Gasteiger charge is 2.18. The summed E-state index contributed by atoms with van der Waals surface area (Å²) in [6.07, 6.45) is 2.37. The molecule has 0 fully saturated rings. The van der Waals surface area contributed by atoms with Crippen molar-refractivity contribution in [3.8, 4) is 0 Å². The van der Waals surface area contributed by atoms with E-state index < -0.39 is 0 Å². The van der Waals surface area contributed by atoms with Crippen molar-refractivity contribution >= 4 is 5.69 Å². The summed E-state index contributed by atoms with van der Waals surface area (Å²) in [5, 5.41) is 3.24. The van der Waals surface area contributed by atoms with Crippen LogP contribution in [0.1, 0.15) is 57.7 Å². The van der Waals surface area contributed by atoms with E-state index in [2.05, 4.69) is 37.9 Å². The van der Waals surface area contributed by atoms with E-state index in [-0.39, 0.29) is 11.9 Å². The van der Waals surface area contributed by atoms with Crippen molar-refractivity contribution in [1.29, 1.82) is 0 Å². The smallest absolute Gasteiger partial charge is 0.126 e. The Balaban J connectivity index is 3.20. The monoisotopic (exact) mass is 294 g/mol. The predicted octanol–water partition coefficient (Wildman–Crippen LogP) is 4.68. The van der Waals surface area contributed by atoms with Crippen molar-refractivity contribution in [2.24, 2.45) is 5.92 Å². The predicted molar refractivity (Wildman–Crippen MR) is 90.6 cm³/mol. The Bertz CT molecular complexity index is 441. The van der Waals surface area contributed by atoms with E-state index in [1.165, 1.54) is 18.5 Å². The minimum absolute atomic E-state index is 0.116. The number of rotatable bonds is 8. The Morgan fingerprint density at radius 3 is 2.29 bits per heavy atom. The van der Waals surface area contributed by atoms with Crippen LogP contribution in [-0.2, 0) is 0 Å². The molecule has 0 aliphatic rings. The van der Waals surface area contributed by atoms with E-state index >= 15 is 0 Å². The molecule has 0 radical (unpaired) electrons. The Labute approximate surface area is 129 Å². The van der Waals surface area contributed by atoms with E-state index in [1.807, 2.05) is 20.0 Å². The maximum absolute atomic E-state index is 14.0. The Morgan fingerprint density at radius 1 is 1.19 bits per heavy atom. The molecule has 0 heterocycles. The Hall–Kier alpha value is -1.09.